The van der Waals surface area contributed by atoms with E-state index in [1.807, 2.05) is 60.7 Å². The predicted octanol–water partition coefficient (Wildman–Crippen LogP) is 0.785. The molecule has 4 amide bonds. The second kappa shape index (κ2) is 7.85. The maximum absolute atomic E-state index is 12.6. The van der Waals surface area contributed by atoms with Gasteiger partial charge in [-0.1, -0.05) is 60.7 Å². The lowest BCUT2D eigenvalue weighted by Gasteiger charge is -2.45. The summed E-state index contributed by atoms with van der Waals surface area (Å²) in [7, 11) is 3.58. The van der Waals surface area contributed by atoms with Gasteiger partial charge in [0.25, 0.3) is 0 Å². The van der Waals surface area contributed by atoms with Crippen molar-refractivity contribution in [3.05, 3.63) is 60.7 Å². The highest BCUT2D eigenvalue weighted by atomic mass is 28.3. The van der Waals surface area contributed by atoms with Gasteiger partial charge in [-0.15, -0.1) is 0 Å². The topological polar surface area (TPSA) is 64.7 Å². The third kappa shape index (κ3) is 3.23. The lowest BCUT2D eigenvalue weighted by molar-refractivity contribution is 0.220. The second-order valence-electron chi connectivity index (χ2n) is 5.63. The lowest BCUT2D eigenvalue weighted by Crippen LogP contribution is -2.80. The smallest absolute Gasteiger partial charge is 0.338 e. The number of urea groups is 2. The molecule has 0 fully saturated rings. The Kier molecular flexibility index (Phi) is 5.82. The largest absolute Gasteiger partial charge is 0.342 e. The molecule has 0 saturated carbocycles. The van der Waals surface area contributed by atoms with Gasteiger partial charge >= 0.3 is 20.5 Å². The van der Waals surface area contributed by atoms with Crippen molar-refractivity contribution in [2.24, 2.45) is 0 Å². The van der Waals surface area contributed by atoms with E-state index in [-0.39, 0.29) is 12.1 Å². The Morgan fingerprint density at radius 2 is 1.04 bits per heavy atom. The number of carbonyl (C=O) groups excluding carboxylic acids is 2. The summed E-state index contributed by atoms with van der Waals surface area (Å²) in [5.74, 6) is 0. The first-order valence-corrected chi connectivity index (χ1v) is 9.91. The molecule has 6 nitrogen and oxygen atoms in total. The molecule has 2 N–H and O–H groups in total. The molecule has 0 aliphatic rings. The van der Waals surface area contributed by atoms with Gasteiger partial charge in [0.1, 0.15) is 0 Å². The van der Waals surface area contributed by atoms with E-state index in [1.165, 1.54) is 0 Å². The van der Waals surface area contributed by atoms with E-state index in [0.717, 1.165) is 10.4 Å². The average Bonchev–Trinajstić information content (AvgIpc) is 2.68. The zero-order chi connectivity index (χ0) is 18.4. The van der Waals surface area contributed by atoms with Gasteiger partial charge < -0.3 is 19.8 Å². The third-order valence-corrected chi connectivity index (χ3v) is 8.99. The second-order valence-corrected chi connectivity index (χ2v) is 9.47. The molecule has 0 aliphatic heterocycles. The fraction of sp³-hybridized carbons (Fsp3) is 0.222. The van der Waals surface area contributed by atoms with Crippen LogP contribution in [0.2, 0.25) is 0 Å². The monoisotopic (exact) mass is 356 g/mol. The summed E-state index contributed by atoms with van der Waals surface area (Å²) in [5, 5.41) is 7.26. The van der Waals surface area contributed by atoms with E-state index < -0.39 is 8.40 Å². The van der Waals surface area contributed by atoms with Gasteiger partial charge in [0.05, 0.1) is 0 Å². The van der Waals surface area contributed by atoms with Crippen molar-refractivity contribution in [3.8, 4) is 0 Å². The Hall–Kier alpha value is -2.80. The Labute approximate surface area is 149 Å². The van der Waals surface area contributed by atoms with Crippen LogP contribution in [0.5, 0.6) is 0 Å². The van der Waals surface area contributed by atoms with E-state index in [4.69, 9.17) is 0 Å². The molecule has 0 bridgehead atoms. The summed E-state index contributed by atoms with van der Waals surface area (Å²) < 4.78 is 3.35. The minimum Gasteiger partial charge on any atom is -0.342 e. The first-order chi connectivity index (χ1) is 12.0. The van der Waals surface area contributed by atoms with Gasteiger partial charge in [0.2, 0.25) is 0 Å². The van der Waals surface area contributed by atoms with Gasteiger partial charge in [-0.3, -0.25) is 0 Å². The molecular formula is C18H24N4O2Si. The molecule has 7 heteroatoms. The number of rotatable bonds is 4. The minimum absolute atomic E-state index is 0.241. The predicted molar refractivity (Wildman–Crippen MR) is 102 cm³/mol. The van der Waals surface area contributed by atoms with Gasteiger partial charge in [-0.2, -0.15) is 0 Å². The van der Waals surface area contributed by atoms with Crippen LogP contribution in [0.1, 0.15) is 0 Å². The van der Waals surface area contributed by atoms with E-state index in [1.54, 1.807) is 37.3 Å². The van der Waals surface area contributed by atoms with Crippen molar-refractivity contribution in [1.29, 1.82) is 0 Å². The summed E-state index contributed by atoms with van der Waals surface area (Å²) in [6, 6.07) is 19.0. The summed E-state index contributed by atoms with van der Waals surface area (Å²) in [6.45, 7) is 0. The van der Waals surface area contributed by atoms with Crippen LogP contribution in [0.3, 0.4) is 0 Å². The van der Waals surface area contributed by atoms with Crippen molar-refractivity contribution >= 4 is 30.8 Å². The Morgan fingerprint density at radius 1 is 0.720 bits per heavy atom. The lowest BCUT2D eigenvalue weighted by atomic mass is 10.4. The highest BCUT2D eigenvalue weighted by Crippen LogP contribution is 2.15. The van der Waals surface area contributed by atoms with Gasteiger partial charge in [0.15, 0.2) is 0 Å². The number of amides is 4. The molecule has 2 aromatic rings. The van der Waals surface area contributed by atoms with Crippen molar-refractivity contribution in [1.82, 2.24) is 19.8 Å². The first-order valence-electron chi connectivity index (χ1n) is 8.02. The molecule has 0 aromatic heterocycles. The van der Waals surface area contributed by atoms with Crippen LogP contribution < -0.4 is 21.0 Å². The Balaban J connectivity index is 2.83. The summed E-state index contributed by atoms with van der Waals surface area (Å²) >= 11 is 0. The highest BCUT2D eigenvalue weighted by Gasteiger charge is 2.51. The molecule has 132 valence electrons. The van der Waals surface area contributed by atoms with E-state index in [9.17, 15) is 9.59 Å². The quantitative estimate of drug-likeness (QED) is 0.796. The fourth-order valence-electron chi connectivity index (χ4n) is 3.14. The standard InChI is InChI=1S/C18H24N4O2Si/c1-19-17(23)21(3)25(22(4)18(24)20-2,15-11-7-5-8-12-15)16-13-9-6-10-14-16/h5-14H,1-4H3,(H,19,23)(H,20,24). The SMILES string of the molecule is CNC(=O)N(C)[Si](c1ccccc1)(c1ccccc1)N(C)C(=O)NC. The Morgan fingerprint density at radius 3 is 1.32 bits per heavy atom. The maximum atomic E-state index is 12.6. The van der Waals surface area contributed by atoms with E-state index in [0.29, 0.717) is 0 Å². The maximum Gasteiger partial charge on any atom is 0.338 e. The summed E-state index contributed by atoms with van der Waals surface area (Å²) in [5.41, 5.74) is 0. The molecule has 0 saturated heterocycles. The van der Waals surface area contributed by atoms with Crippen LogP contribution in [-0.4, -0.2) is 57.8 Å². The van der Waals surface area contributed by atoms with Crippen LogP contribution >= 0.6 is 0 Å². The number of hydrogen-bond donors (Lipinski definition) is 2. The highest BCUT2D eigenvalue weighted by molar-refractivity contribution is 7.00. The van der Waals surface area contributed by atoms with Crippen LogP contribution in [0.25, 0.3) is 0 Å². The molecule has 25 heavy (non-hydrogen) atoms. The number of carbonyl (C=O) groups is 2. The third-order valence-electron chi connectivity index (χ3n) is 4.36. The minimum atomic E-state index is -3.08. The van der Waals surface area contributed by atoms with Crippen molar-refractivity contribution in [2.75, 3.05) is 28.2 Å². The molecule has 0 aliphatic carbocycles. The van der Waals surface area contributed by atoms with Crippen molar-refractivity contribution in [3.63, 3.8) is 0 Å². The number of nitrogens with one attached hydrogen (secondary N) is 2. The summed E-state index contributed by atoms with van der Waals surface area (Å²) in [4.78, 5) is 25.2. The Bertz CT molecular complexity index is 661. The van der Waals surface area contributed by atoms with Crippen LogP contribution in [0.15, 0.2) is 60.7 Å². The number of nitrogens with zero attached hydrogens (tertiary/aromatic N) is 2. The molecule has 0 spiro atoms. The zero-order valence-corrected chi connectivity index (χ0v) is 16.0. The molecule has 2 aromatic carbocycles. The van der Waals surface area contributed by atoms with E-state index >= 15 is 0 Å². The molecule has 0 unspecified atom stereocenters. The number of benzene rings is 2. The molecular weight excluding hydrogens is 332 g/mol. The molecule has 0 radical (unpaired) electrons. The van der Waals surface area contributed by atoms with Crippen molar-refractivity contribution < 1.29 is 9.59 Å². The van der Waals surface area contributed by atoms with Crippen LogP contribution in [-0.2, 0) is 0 Å². The average molecular weight is 357 g/mol. The molecule has 0 heterocycles. The van der Waals surface area contributed by atoms with Gasteiger partial charge in [0, 0.05) is 28.2 Å². The normalized spacial score (nSPS) is 10.7. The van der Waals surface area contributed by atoms with Gasteiger partial charge in [-0.05, 0) is 10.4 Å². The van der Waals surface area contributed by atoms with Crippen molar-refractivity contribution in [2.45, 2.75) is 0 Å². The van der Waals surface area contributed by atoms with Crippen LogP contribution in [0.4, 0.5) is 9.59 Å². The molecule has 2 rings (SSSR count). The van der Waals surface area contributed by atoms with E-state index in [2.05, 4.69) is 10.6 Å². The van der Waals surface area contributed by atoms with Gasteiger partial charge in [-0.25, -0.2) is 9.59 Å². The zero-order valence-electron chi connectivity index (χ0n) is 15.0. The van der Waals surface area contributed by atoms with Crippen LogP contribution in [0, 0.1) is 0 Å². The fourth-order valence-corrected chi connectivity index (χ4v) is 7.60. The first kappa shape index (κ1) is 18.5. The summed E-state index contributed by atoms with van der Waals surface area (Å²) in [6.07, 6.45) is 0. The molecule has 0 atom stereocenters. The number of hydrogen-bond acceptors (Lipinski definition) is 2.